The predicted molar refractivity (Wildman–Crippen MR) is 73.9 cm³/mol. The van der Waals surface area contributed by atoms with E-state index in [9.17, 15) is 18.0 Å². The number of hydrogen-bond donors (Lipinski definition) is 1. The van der Waals surface area contributed by atoms with Gasteiger partial charge >= 0.3 is 6.03 Å². The second-order valence-electron chi connectivity index (χ2n) is 4.69. The van der Waals surface area contributed by atoms with Gasteiger partial charge in [0.1, 0.15) is 6.61 Å². The first-order valence-electron chi connectivity index (χ1n) is 6.45. The summed E-state index contributed by atoms with van der Waals surface area (Å²) in [7, 11) is -3.98. The van der Waals surface area contributed by atoms with Gasteiger partial charge in [-0.25, -0.2) is 4.79 Å². The molecule has 0 aromatic heterocycles. The van der Waals surface area contributed by atoms with Crippen molar-refractivity contribution in [1.82, 2.24) is 4.90 Å². The summed E-state index contributed by atoms with van der Waals surface area (Å²) in [6, 6.07) is 6.17. The molecule has 21 heavy (non-hydrogen) atoms. The summed E-state index contributed by atoms with van der Waals surface area (Å²) in [5.74, 6) is -0.467. The van der Waals surface area contributed by atoms with E-state index in [4.69, 9.17) is 9.92 Å². The van der Waals surface area contributed by atoms with Crippen molar-refractivity contribution in [2.24, 2.45) is 5.73 Å². The highest BCUT2D eigenvalue weighted by Gasteiger charge is 2.33. The van der Waals surface area contributed by atoms with E-state index in [0.717, 1.165) is 0 Å². The van der Waals surface area contributed by atoms with E-state index in [1.54, 1.807) is 18.2 Å². The number of primary amides is 1. The average Bonchev–Trinajstić information content (AvgIpc) is 2.95. The highest BCUT2D eigenvalue weighted by atomic mass is 32.2. The fourth-order valence-corrected chi connectivity index (χ4v) is 3.15. The van der Waals surface area contributed by atoms with Gasteiger partial charge in [-0.05, 0) is 25.0 Å². The number of rotatable bonds is 5. The molecular weight excluding hydrogens is 296 g/mol. The van der Waals surface area contributed by atoms with Crippen LogP contribution in [-0.2, 0) is 19.1 Å². The number of benzene rings is 1. The van der Waals surface area contributed by atoms with Crippen LogP contribution in [0.4, 0.5) is 4.79 Å². The maximum Gasteiger partial charge on any atom is 0.315 e. The molecule has 0 saturated carbocycles. The molecule has 1 aliphatic heterocycles. The van der Waals surface area contributed by atoms with Crippen molar-refractivity contribution >= 4 is 21.9 Å². The molecule has 0 spiro atoms. The van der Waals surface area contributed by atoms with Crippen LogP contribution < -0.4 is 5.73 Å². The number of ketones is 1. The lowest BCUT2D eigenvalue weighted by atomic mass is 10.1. The van der Waals surface area contributed by atoms with Crippen LogP contribution in [0.25, 0.3) is 0 Å². The van der Waals surface area contributed by atoms with Gasteiger partial charge in [0.25, 0.3) is 10.1 Å². The highest BCUT2D eigenvalue weighted by molar-refractivity contribution is 7.86. The van der Waals surface area contributed by atoms with E-state index in [1.165, 1.54) is 17.0 Å². The zero-order chi connectivity index (χ0) is 15.5. The van der Waals surface area contributed by atoms with Gasteiger partial charge in [0.05, 0.1) is 10.9 Å². The van der Waals surface area contributed by atoms with Gasteiger partial charge < -0.3 is 10.6 Å². The highest BCUT2D eigenvalue weighted by Crippen LogP contribution is 2.18. The molecule has 1 fully saturated rings. The first-order chi connectivity index (χ1) is 9.92. The smallest absolute Gasteiger partial charge is 0.315 e. The van der Waals surface area contributed by atoms with Crippen molar-refractivity contribution in [2.75, 3.05) is 13.2 Å². The molecule has 1 aromatic carbocycles. The molecule has 114 valence electrons. The summed E-state index contributed by atoms with van der Waals surface area (Å²) in [5.41, 5.74) is 5.17. The number of amides is 2. The number of carbonyl (C=O) groups is 2. The summed E-state index contributed by atoms with van der Waals surface area (Å²) >= 11 is 0. The molecule has 0 radical (unpaired) electrons. The Morgan fingerprint density at radius 2 is 1.95 bits per heavy atom. The van der Waals surface area contributed by atoms with Crippen LogP contribution in [0.5, 0.6) is 0 Å². The van der Waals surface area contributed by atoms with E-state index in [1.807, 2.05) is 0 Å². The van der Waals surface area contributed by atoms with E-state index in [2.05, 4.69) is 0 Å². The van der Waals surface area contributed by atoms with E-state index in [0.29, 0.717) is 19.4 Å². The maximum atomic E-state index is 12.0. The zero-order valence-electron chi connectivity index (χ0n) is 11.3. The Kier molecular flexibility index (Phi) is 4.59. The van der Waals surface area contributed by atoms with Crippen LogP contribution in [0.15, 0.2) is 35.2 Å². The molecule has 1 unspecified atom stereocenters. The first kappa shape index (κ1) is 15.5. The third-order valence-corrected chi connectivity index (χ3v) is 4.57. The number of nitrogens with two attached hydrogens (primary N) is 1. The number of nitrogens with zero attached hydrogens (tertiary/aromatic N) is 1. The molecule has 8 heteroatoms. The molecule has 2 amide bonds. The molecule has 7 nitrogen and oxygen atoms in total. The van der Waals surface area contributed by atoms with Crippen LogP contribution in [0.2, 0.25) is 0 Å². The summed E-state index contributed by atoms with van der Waals surface area (Å²) < 4.78 is 28.5. The number of Topliss-reactive ketones (excluding diaryl/α,β-unsaturated/α-hetero) is 1. The van der Waals surface area contributed by atoms with Gasteiger partial charge in [0.2, 0.25) is 0 Å². The molecule has 0 bridgehead atoms. The molecule has 1 aromatic rings. The maximum absolute atomic E-state index is 12.0. The molecule has 0 aliphatic carbocycles. The molecule has 2 rings (SSSR count). The van der Waals surface area contributed by atoms with Gasteiger partial charge in [-0.15, -0.1) is 0 Å². The first-order valence-corrected chi connectivity index (χ1v) is 7.86. The number of carbonyl (C=O) groups excluding carboxylic acids is 2. The summed E-state index contributed by atoms with van der Waals surface area (Å²) in [4.78, 5) is 24.4. The van der Waals surface area contributed by atoms with Gasteiger partial charge in [0.15, 0.2) is 5.78 Å². The van der Waals surface area contributed by atoms with Gasteiger partial charge in [-0.2, -0.15) is 8.42 Å². The summed E-state index contributed by atoms with van der Waals surface area (Å²) in [6.45, 7) is -0.206. The van der Waals surface area contributed by atoms with Crippen LogP contribution >= 0.6 is 0 Å². The predicted octanol–water partition coefficient (Wildman–Crippen LogP) is 0.504. The van der Waals surface area contributed by atoms with Crippen molar-refractivity contribution < 1.29 is 22.2 Å². The molecule has 1 atom stereocenters. The molecule has 1 saturated heterocycles. The second-order valence-corrected chi connectivity index (χ2v) is 6.30. The lowest BCUT2D eigenvalue weighted by molar-refractivity contribution is -0.124. The topological polar surface area (TPSA) is 107 Å². The number of hydrogen-bond acceptors (Lipinski definition) is 5. The quantitative estimate of drug-likeness (QED) is 0.797. The van der Waals surface area contributed by atoms with Crippen LogP contribution in [0.3, 0.4) is 0 Å². The Labute approximate surface area is 122 Å². The zero-order valence-corrected chi connectivity index (χ0v) is 12.1. The molecular formula is C13H16N2O5S. The van der Waals surface area contributed by atoms with Crippen molar-refractivity contribution in [3.8, 4) is 0 Å². The third kappa shape index (κ3) is 3.59. The third-order valence-electron chi connectivity index (χ3n) is 3.30. The molecule has 1 aliphatic rings. The van der Waals surface area contributed by atoms with Crippen molar-refractivity contribution in [3.63, 3.8) is 0 Å². The number of likely N-dealkylation sites (tertiary alicyclic amines) is 1. The minimum absolute atomic E-state index is 0.0176. The van der Waals surface area contributed by atoms with Crippen LogP contribution in [0.1, 0.15) is 12.8 Å². The van der Waals surface area contributed by atoms with Crippen LogP contribution in [-0.4, -0.2) is 44.3 Å². The Bertz CT molecular complexity index is 629. The van der Waals surface area contributed by atoms with Crippen molar-refractivity contribution in [3.05, 3.63) is 30.3 Å². The lowest BCUT2D eigenvalue weighted by Crippen LogP contribution is -2.44. The van der Waals surface area contributed by atoms with E-state index >= 15 is 0 Å². The molecule has 2 N–H and O–H groups in total. The SMILES string of the molecule is NC(=O)N1CCCC1C(=O)COS(=O)(=O)c1ccccc1. The minimum atomic E-state index is -3.98. The number of urea groups is 1. The lowest BCUT2D eigenvalue weighted by Gasteiger charge is -2.21. The van der Waals surface area contributed by atoms with Crippen molar-refractivity contribution in [1.29, 1.82) is 0 Å². The Hall–Kier alpha value is -1.93. The van der Waals surface area contributed by atoms with E-state index < -0.39 is 34.6 Å². The largest absolute Gasteiger partial charge is 0.351 e. The normalized spacial score (nSPS) is 18.7. The van der Waals surface area contributed by atoms with Gasteiger partial charge in [0, 0.05) is 6.54 Å². The summed E-state index contributed by atoms with van der Waals surface area (Å²) in [6.07, 6.45) is 1.13. The standard InChI is InChI=1S/C13H16N2O5S/c14-13(17)15-8-4-7-11(15)12(16)9-20-21(18,19)10-5-2-1-3-6-10/h1-3,5-6,11H,4,7-9H2,(H2,14,17). The Balaban J connectivity index is 2.00. The minimum Gasteiger partial charge on any atom is -0.351 e. The Morgan fingerprint density at radius 3 is 2.57 bits per heavy atom. The average molecular weight is 312 g/mol. The van der Waals surface area contributed by atoms with Crippen LogP contribution in [0, 0.1) is 0 Å². The second kappa shape index (κ2) is 6.23. The fraction of sp³-hybridized carbons (Fsp3) is 0.385. The van der Waals surface area contributed by atoms with Gasteiger partial charge in [-0.3, -0.25) is 8.98 Å². The monoisotopic (exact) mass is 312 g/mol. The summed E-state index contributed by atoms with van der Waals surface area (Å²) in [5, 5.41) is 0. The van der Waals surface area contributed by atoms with Crippen molar-refractivity contribution in [2.45, 2.75) is 23.8 Å². The van der Waals surface area contributed by atoms with E-state index in [-0.39, 0.29) is 4.90 Å². The Morgan fingerprint density at radius 1 is 1.29 bits per heavy atom. The van der Waals surface area contributed by atoms with Gasteiger partial charge in [-0.1, -0.05) is 18.2 Å². The molecule has 1 heterocycles. The fourth-order valence-electron chi connectivity index (χ4n) is 2.25.